The number of hydrogen-bond acceptors (Lipinski definition) is 4. The summed E-state index contributed by atoms with van der Waals surface area (Å²) in [6, 6.07) is 12.8. The van der Waals surface area contributed by atoms with E-state index in [1.54, 1.807) is 36.4 Å². The van der Waals surface area contributed by atoms with Crippen molar-refractivity contribution in [3.05, 3.63) is 59.9 Å². The number of carbonyl (C=O) groups excluding carboxylic acids is 2. The van der Waals surface area contributed by atoms with Crippen molar-refractivity contribution in [1.82, 2.24) is 0 Å². The topological polar surface area (TPSA) is 55.8 Å². The zero-order valence-corrected chi connectivity index (χ0v) is 13.1. The maximum atomic E-state index is 13.0. The highest BCUT2D eigenvalue weighted by Crippen LogP contribution is 2.33. The van der Waals surface area contributed by atoms with Gasteiger partial charge in [-0.1, -0.05) is 24.3 Å². The number of ether oxygens (including phenoxy) is 2. The first-order valence-electron chi connectivity index (χ1n) is 7.47. The molecule has 1 unspecified atom stereocenters. The van der Waals surface area contributed by atoms with E-state index in [1.165, 1.54) is 24.1 Å². The van der Waals surface area contributed by atoms with Gasteiger partial charge >= 0.3 is 5.97 Å². The number of methoxy groups -OCH3 is 1. The summed E-state index contributed by atoms with van der Waals surface area (Å²) in [5.41, 5.74) is 1.30. The minimum Gasteiger partial charge on any atom is -0.475 e. The molecule has 0 bridgehead atoms. The van der Waals surface area contributed by atoms with E-state index < -0.39 is 12.1 Å². The van der Waals surface area contributed by atoms with Gasteiger partial charge in [-0.2, -0.15) is 0 Å². The minimum atomic E-state index is -0.873. The molecule has 0 spiro atoms. The molecule has 2 aromatic rings. The molecule has 0 fully saturated rings. The molecule has 1 aliphatic rings. The highest BCUT2D eigenvalue weighted by atomic mass is 19.1. The summed E-state index contributed by atoms with van der Waals surface area (Å²) in [4.78, 5) is 26.0. The molecule has 1 heterocycles. The number of anilines is 1. The number of esters is 1. The van der Waals surface area contributed by atoms with Crippen LogP contribution in [0.1, 0.15) is 5.56 Å². The molecule has 6 heteroatoms. The van der Waals surface area contributed by atoms with Crippen LogP contribution in [0.15, 0.2) is 48.5 Å². The van der Waals surface area contributed by atoms with Crippen molar-refractivity contribution in [2.45, 2.75) is 12.5 Å². The third-order valence-electron chi connectivity index (χ3n) is 3.81. The second-order valence-corrected chi connectivity index (χ2v) is 5.40. The maximum absolute atomic E-state index is 13.0. The zero-order chi connectivity index (χ0) is 17.1. The summed E-state index contributed by atoms with van der Waals surface area (Å²) < 4.78 is 23.3. The predicted molar refractivity (Wildman–Crippen MR) is 85.3 cm³/mol. The van der Waals surface area contributed by atoms with Gasteiger partial charge in [-0.05, 0) is 29.8 Å². The lowest BCUT2D eigenvalue weighted by Gasteiger charge is -2.33. The Kier molecular flexibility index (Phi) is 4.46. The standard InChI is InChI=1S/C18H16FNO4/c1-23-18(22)16-11-20(14-4-2-3-5-15(14)24-16)17(21)10-12-6-8-13(19)9-7-12/h2-9,16H,10-11H2,1H3. The van der Waals surface area contributed by atoms with Gasteiger partial charge in [-0.3, -0.25) is 4.79 Å². The summed E-state index contributed by atoms with van der Waals surface area (Å²) >= 11 is 0. The number of rotatable bonds is 3. The monoisotopic (exact) mass is 329 g/mol. The van der Waals surface area contributed by atoms with E-state index in [0.29, 0.717) is 17.0 Å². The van der Waals surface area contributed by atoms with Crippen molar-refractivity contribution in [3.8, 4) is 5.75 Å². The number of amides is 1. The first-order chi connectivity index (χ1) is 11.6. The van der Waals surface area contributed by atoms with Crippen LogP contribution in [0.3, 0.4) is 0 Å². The predicted octanol–water partition coefficient (Wildman–Crippen LogP) is 2.34. The third kappa shape index (κ3) is 3.22. The van der Waals surface area contributed by atoms with Gasteiger partial charge in [0.2, 0.25) is 12.0 Å². The molecule has 0 radical (unpaired) electrons. The van der Waals surface area contributed by atoms with Gasteiger partial charge in [0, 0.05) is 0 Å². The summed E-state index contributed by atoms with van der Waals surface area (Å²) in [6.07, 6.45) is -0.773. The largest absolute Gasteiger partial charge is 0.475 e. The molecule has 0 N–H and O–H groups in total. The fraction of sp³-hybridized carbons (Fsp3) is 0.222. The highest BCUT2D eigenvalue weighted by molar-refractivity contribution is 5.97. The molecule has 0 aromatic heterocycles. The Labute approximate surface area is 138 Å². The van der Waals surface area contributed by atoms with Gasteiger partial charge in [0.1, 0.15) is 11.6 Å². The Balaban J connectivity index is 1.85. The van der Waals surface area contributed by atoms with Gasteiger partial charge in [-0.15, -0.1) is 0 Å². The van der Waals surface area contributed by atoms with E-state index in [4.69, 9.17) is 9.47 Å². The molecule has 1 atom stereocenters. The molecule has 5 nitrogen and oxygen atoms in total. The van der Waals surface area contributed by atoms with Crippen LogP contribution in [-0.4, -0.2) is 31.6 Å². The summed E-state index contributed by atoms with van der Waals surface area (Å²) in [5.74, 6) is -0.643. The summed E-state index contributed by atoms with van der Waals surface area (Å²) in [5, 5.41) is 0. The Hall–Kier alpha value is -2.89. The number of benzene rings is 2. The molecule has 0 aliphatic carbocycles. The molecule has 124 valence electrons. The second-order valence-electron chi connectivity index (χ2n) is 5.40. The molecule has 1 amide bonds. The quantitative estimate of drug-likeness (QED) is 0.811. The molecule has 0 saturated heterocycles. The molecule has 0 saturated carbocycles. The van der Waals surface area contributed by atoms with E-state index in [2.05, 4.69) is 0 Å². The van der Waals surface area contributed by atoms with Gasteiger partial charge in [0.25, 0.3) is 0 Å². The molecule has 1 aliphatic heterocycles. The van der Waals surface area contributed by atoms with Crippen molar-refractivity contribution in [2.75, 3.05) is 18.6 Å². The fourth-order valence-corrected chi connectivity index (χ4v) is 2.60. The normalized spacial score (nSPS) is 16.1. The average molecular weight is 329 g/mol. The zero-order valence-electron chi connectivity index (χ0n) is 13.1. The second kappa shape index (κ2) is 6.70. The van der Waals surface area contributed by atoms with Crippen LogP contribution >= 0.6 is 0 Å². The molecule has 24 heavy (non-hydrogen) atoms. The van der Waals surface area contributed by atoms with Crippen LogP contribution in [0.25, 0.3) is 0 Å². The Morgan fingerprint density at radius 3 is 2.62 bits per heavy atom. The fourth-order valence-electron chi connectivity index (χ4n) is 2.60. The average Bonchev–Trinajstić information content (AvgIpc) is 2.62. The van der Waals surface area contributed by atoms with E-state index in [-0.39, 0.29) is 24.7 Å². The van der Waals surface area contributed by atoms with Crippen LogP contribution in [0.2, 0.25) is 0 Å². The number of para-hydroxylation sites is 2. The van der Waals surface area contributed by atoms with Crippen LogP contribution < -0.4 is 9.64 Å². The van der Waals surface area contributed by atoms with E-state index >= 15 is 0 Å². The number of halogens is 1. The smallest absolute Gasteiger partial charge is 0.348 e. The molecular formula is C18H16FNO4. The summed E-state index contributed by atoms with van der Waals surface area (Å²) in [6.45, 7) is 0.0731. The highest BCUT2D eigenvalue weighted by Gasteiger charge is 2.34. The number of nitrogens with zero attached hydrogens (tertiary/aromatic N) is 1. The number of hydrogen-bond donors (Lipinski definition) is 0. The van der Waals surface area contributed by atoms with Crippen molar-refractivity contribution in [3.63, 3.8) is 0 Å². The molecule has 3 rings (SSSR count). The minimum absolute atomic E-state index is 0.0731. The molecular weight excluding hydrogens is 313 g/mol. The number of fused-ring (bicyclic) bond motifs is 1. The van der Waals surface area contributed by atoms with Crippen molar-refractivity contribution < 1.29 is 23.5 Å². The lowest BCUT2D eigenvalue weighted by molar-refractivity contribution is -0.148. The van der Waals surface area contributed by atoms with Crippen LogP contribution in [0.4, 0.5) is 10.1 Å². The van der Waals surface area contributed by atoms with Gasteiger partial charge < -0.3 is 14.4 Å². The van der Waals surface area contributed by atoms with Gasteiger partial charge in [0.15, 0.2) is 0 Å². The van der Waals surface area contributed by atoms with Crippen LogP contribution in [0.5, 0.6) is 5.75 Å². The molecule has 2 aromatic carbocycles. The SMILES string of the molecule is COC(=O)C1CN(C(=O)Cc2ccc(F)cc2)c2ccccc2O1. The maximum Gasteiger partial charge on any atom is 0.348 e. The summed E-state index contributed by atoms with van der Waals surface area (Å²) in [7, 11) is 1.27. The Morgan fingerprint density at radius 2 is 1.92 bits per heavy atom. The van der Waals surface area contributed by atoms with E-state index in [9.17, 15) is 14.0 Å². The Bertz CT molecular complexity index is 760. The van der Waals surface area contributed by atoms with E-state index in [0.717, 1.165) is 0 Å². The van der Waals surface area contributed by atoms with Crippen molar-refractivity contribution in [2.24, 2.45) is 0 Å². The van der Waals surface area contributed by atoms with Gasteiger partial charge in [-0.25, -0.2) is 9.18 Å². The van der Waals surface area contributed by atoms with Gasteiger partial charge in [0.05, 0.1) is 25.8 Å². The van der Waals surface area contributed by atoms with Crippen LogP contribution in [0, 0.1) is 5.82 Å². The van der Waals surface area contributed by atoms with Crippen LogP contribution in [-0.2, 0) is 20.7 Å². The lowest BCUT2D eigenvalue weighted by Crippen LogP contribution is -2.48. The first kappa shape index (κ1) is 16.0. The lowest BCUT2D eigenvalue weighted by atomic mass is 10.1. The van der Waals surface area contributed by atoms with Crippen molar-refractivity contribution in [1.29, 1.82) is 0 Å². The Morgan fingerprint density at radius 1 is 1.21 bits per heavy atom. The first-order valence-corrected chi connectivity index (χ1v) is 7.47. The van der Waals surface area contributed by atoms with E-state index in [1.807, 2.05) is 0 Å². The van der Waals surface area contributed by atoms with Crippen molar-refractivity contribution >= 4 is 17.6 Å². The third-order valence-corrected chi connectivity index (χ3v) is 3.81. The number of carbonyl (C=O) groups is 2.